The van der Waals surface area contributed by atoms with E-state index in [2.05, 4.69) is 10.4 Å². The quantitative estimate of drug-likeness (QED) is 0.728. The van der Waals surface area contributed by atoms with E-state index in [0.717, 1.165) is 22.5 Å². The number of carbonyl (C=O) groups excluding carboxylic acids is 1. The molecule has 1 amide bonds. The summed E-state index contributed by atoms with van der Waals surface area (Å²) in [5.41, 5.74) is 1.83. The van der Waals surface area contributed by atoms with Crippen LogP contribution in [-0.4, -0.2) is 26.9 Å². The number of thiophene rings is 1. The number of hydrogen-bond donors (Lipinski definition) is 2. The van der Waals surface area contributed by atoms with Gasteiger partial charge in [0, 0.05) is 23.7 Å². The van der Waals surface area contributed by atoms with Crippen LogP contribution in [0.25, 0.3) is 10.4 Å². The SMILES string of the molecule is Cn1cc(-c2cc(NC(=O)OCc3ccccc3)c(C(=O)O)s2)cn1. The summed E-state index contributed by atoms with van der Waals surface area (Å²) in [6, 6.07) is 10.8. The van der Waals surface area contributed by atoms with Gasteiger partial charge in [-0.25, -0.2) is 9.59 Å². The summed E-state index contributed by atoms with van der Waals surface area (Å²) in [6.07, 6.45) is 2.70. The Hall–Kier alpha value is -3.13. The highest BCUT2D eigenvalue weighted by Crippen LogP contribution is 2.34. The van der Waals surface area contributed by atoms with Crippen molar-refractivity contribution in [1.82, 2.24) is 9.78 Å². The lowest BCUT2D eigenvalue weighted by molar-refractivity contribution is 0.0703. The Morgan fingerprint density at radius 2 is 2.08 bits per heavy atom. The minimum absolute atomic E-state index is 0.0375. The van der Waals surface area contributed by atoms with Crippen LogP contribution >= 0.6 is 11.3 Å². The number of aromatic carboxylic acids is 1. The van der Waals surface area contributed by atoms with E-state index < -0.39 is 12.1 Å². The number of aryl methyl sites for hydroxylation is 1. The van der Waals surface area contributed by atoms with Crippen molar-refractivity contribution < 1.29 is 19.4 Å². The van der Waals surface area contributed by atoms with Crippen molar-refractivity contribution >= 4 is 29.1 Å². The van der Waals surface area contributed by atoms with Crippen molar-refractivity contribution in [3.8, 4) is 10.4 Å². The molecule has 25 heavy (non-hydrogen) atoms. The summed E-state index contributed by atoms with van der Waals surface area (Å²) >= 11 is 1.07. The van der Waals surface area contributed by atoms with Gasteiger partial charge in [0.15, 0.2) is 0 Å². The Morgan fingerprint density at radius 1 is 1.32 bits per heavy atom. The molecular weight excluding hydrogens is 342 g/mol. The summed E-state index contributed by atoms with van der Waals surface area (Å²) in [5, 5.41) is 15.9. The van der Waals surface area contributed by atoms with Gasteiger partial charge < -0.3 is 9.84 Å². The molecule has 0 bridgehead atoms. The molecule has 0 unspecified atom stereocenters. The highest BCUT2D eigenvalue weighted by atomic mass is 32.1. The van der Waals surface area contributed by atoms with Gasteiger partial charge in [0.1, 0.15) is 11.5 Å². The van der Waals surface area contributed by atoms with Crippen LogP contribution in [0.2, 0.25) is 0 Å². The topological polar surface area (TPSA) is 93.5 Å². The standard InChI is InChI=1S/C17H15N3O4S/c1-20-9-12(8-18-20)14-7-13(15(25-14)16(21)22)19-17(23)24-10-11-5-3-2-4-6-11/h2-9H,10H2,1H3,(H,19,23)(H,21,22). The lowest BCUT2D eigenvalue weighted by Crippen LogP contribution is -2.14. The predicted octanol–water partition coefficient (Wildman–Crippen LogP) is 3.60. The Bertz CT molecular complexity index is 902. The fourth-order valence-electron chi connectivity index (χ4n) is 2.20. The third-order valence-corrected chi connectivity index (χ3v) is 4.54. The number of carboxylic acid groups (broad SMARTS) is 1. The fourth-order valence-corrected chi connectivity index (χ4v) is 3.13. The number of nitrogens with zero attached hydrogens (tertiary/aromatic N) is 2. The molecule has 0 saturated carbocycles. The van der Waals surface area contributed by atoms with Crippen LogP contribution in [-0.2, 0) is 18.4 Å². The first-order valence-electron chi connectivity index (χ1n) is 7.37. The van der Waals surface area contributed by atoms with Gasteiger partial charge in [-0.3, -0.25) is 10.00 Å². The maximum atomic E-state index is 12.0. The molecule has 2 aromatic heterocycles. The number of anilines is 1. The van der Waals surface area contributed by atoms with Crippen molar-refractivity contribution in [2.75, 3.05) is 5.32 Å². The van der Waals surface area contributed by atoms with E-state index in [0.29, 0.717) is 4.88 Å². The molecule has 3 rings (SSSR count). The molecule has 0 aliphatic rings. The molecule has 0 saturated heterocycles. The molecule has 0 aliphatic heterocycles. The van der Waals surface area contributed by atoms with E-state index in [9.17, 15) is 14.7 Å². The average Bonchev–Trinajstić information content (AvgIpc) is 3.20. The van der Waals surface area contributed by atoms with Gasteiger partial charge in [0.25, 0.3) is 0 Å². The molecule has 2 N–H and O–H groups in total. The van der Waals surface area contributed by atoms with Gasteiger partial charge in [-0.2, -0.15) is 5.10 Å². The number of ether oxygens (including phenoxy) is 1. The molecule has 7 nitrogen and oxygen atoms in total. The number of carbonyl (C=O) groups is 2. The average molecular weight is 357 g/mol. The molecule has 8 heteroatoms. The number of rotatable bonds is 5. The van der Waals surface area contributed by atoms with Crippen LogP contribution in [0.5, 0.6) is 0 Å². The molecule has 0 spiro atoms. The van der Waals surface area contributed by atoms with E-state index in [-0.39, 0.29) is 17.2 Å². The third kappa shape index (κ3) is 4.04. The zero-order valence-electron chi connectivity index (χ0n) is 13.3. The molecule has 128 valence electrons. The third-order valence-electron chi connectivity index (χ3n) is 3.37. The number of benzene rings is 1. The molecule has 0 atom stereocenters. The number of nitrogens with one attached hydrogen (secondary N) is 1. The normalized spacial score (nSPS) is 10.4. The van der Waals surface area contributed by atoms with E-state index in [4.69, 9.17) is 4.74 Å². The molecule has 3 aromatic rings. The van der Waals surface area contributed by atoms with E-state index in [1.54, 1.807) is 30.2 Å². The summed E-state index contributed by atoms with van der Waals surface area (Å²) < 4.78 is 6.75. The first-order chi connectivity index (χ1) is 12.0. The minimum atomic E-state index is -1.11. The number of hydrogen-bond acceptors (Lipinski definition) is 5. The Labute approximate surface area is 147 Å². The predicted molar refractivity (Wildman–Crippen MR) is 93.7 cm³/mol. The summed E-state index contributed by atoms with van der Waals surface area (Å²) in [6.45, 7) is 0.106. The van der Waals surface area contributed by atoms with Crippen molar-refractivity contribution in [1.29, 1.82) is 0 Å². The largest absolute Gasteiger partial charge is 0.477 e. The summed E-state index contributed by atoms with van der Waals surface area (Å²) in [7, 11) is 1.77. The molecular formula is C17H15N3O4S. The van der Waals surface area contributed by atoms with Crippen molar-refractivity contribution in [3.63, 3.8) is 0 Å². The Kier molecular flexibility index (Phi) is 4.80. The maximum Gasteiger partial charge on any atom is 0.412 e. The second-order valence-electron chi connectivity index (χ2n) is 5.25. The van der Waals surface area contributed by atoms with Gasteiger partial charge >= 0.3 is 12.1 Å². The van der Waals surface area contributed by atoms with Crippen LogP contribution < -0.4 is 5.32 Å². The zero-order valence-corrected chi connectivity index (χ0v) is 14.1. The summed E-state index contributed by atoms with van der Waals surface area (Å²) in [4.78, 5) is 24.1. The van der Waals surface area contributed by atoms with Crippen LogP contribution in [0.15, 0.2) is 48.8 Å². The summed E-state index contributed by atoms with van der Waals surface area (Å²) in [5.74, 6) is -1.11. The molecule has 0 fully saturated rings. The van der Waals surface area contributed by atoms with Crippen LogP contribution in [0.4, 0.5) is 10.5 Å². The number of carboxylic acids is 1. The zero-order chi connectivity index (χ0) is 17.8. The minimum Gasteiger partial charge on any atom is -0.477 e. The highest BCUT2D eigenvalue weighted by molar-refractivity contribution is 7.18. The fraction of sp³-hybridized carbons (Fsp3) is 0.118. The highest BCUT2D eigenvalue weighted by Gasteiger charge is 2.19. The van der Waals surface area contributed by atoms with E-state index in [1.807, 2.05) is 30.3 Å². The van der Waals surface area contributed by atoms with Gasteiger partial charge in [-0.1, -0.05) is 30.3 Å². The van der Waals surface area contributed by atoms with E-state index >= 15 is 0 Å². The smallest absolute Gasteiger partial charge is 0.412 e. The number of aromatic nitrogens is 2. The Morgan fingerprint density at radius 3 is 2.72 bits per heavy atom. The lowest BCUT2D eigenvalue weighted by atomic mass is 10.2. The number of amides is 1. The monoisotopic (exact) mass is 357 g/mol. The van der Waals surface area contributed by atoms with Crippen molar-refractivity contribution in [3.05, 3.63) is 59.2 Å². The second-order valence-corrected chi connectivity index (χ2v) is 6.30. The Balaban J connectivity index is 1.73. The van der Waals surface area contributed by atoms with E-state index in [1.165, 1.54) is 0 Å². The first kappa shape index (κ1) is 16.7. The first-order valence-corrected chi connectivity index (χ1v) is 8.18. The van der Waals surface area contributed by atoms with Crippen molar-refractivity contribution in [2.45, 2.75) is 6.61 Å². The second kappa shape index (κ2) is 7.18. The van der Waals surface area contributed by atoms with Gasteiger partial charge in [-0.15, -0.1) is 11.3 Å². The van der Waals surface area contributed by atoms with Crippen molar-refractivity contribution in [2.24, 2.45) is 7.05 Å². The van der Waals surface area contributed by atoms with Gasteiger partial charge in [0.2, 0.25) is 0 Å². The van der Waals surface area contributed by atoms with Gasteiger partial charge in [0.05, 0.1) is 11.9 Å². The van der Waals surface area contributed by atoms with Crippen LogP contribution in [0.1, 0.15) is 15.2 Å². The lowest BCUT2D eigenvalue weighted by Gasteiger charge is -2.06. The molecule has 0 aliphatic carbocycles. The van der Waals surface area contributed by atoms with Crippen LogP contribution in [0, 0.1) is 0 Å². The molecule has 1 aromatic carbocycles. The maximum absolute atomic E-state index is 12.0. The van der Waals surface area contributed by atoms with Crippen LogP contribution in [0.3, 0.4) is 0 Å². The molecule has 0 radical (unpaired) electrons. The van der Waals surface area contributed by atoms with Gasteiger partial charge in [-0.05, 0) is 11.6 Å². The molecule has 2 heterocycles.